The molecular weight excluding hydrogens is 296 g/mol. The van der Waals surface area contributed by atoms with Crippen molar-refractivity contribution in [3.05, 3.63) is 29.6 Å². The lowest BCUT2D eigenvalue weighted by Crippen LogP contribution is -2.31. The van der Waals surface area contributed by atoms with Crippen LogP contribution in [0.25, 0.3) is 0 Å². The van der Waals surface area contributed by atoms with Gasteiger partial charge in [-0.05, 0) is 44.2 Å². The van der Waals surface area contributed by atoms with Crippen LogP contribution in [0.5, 0.6) is 0 Å². The average molecular weight is 320 g/mol. The molecule has 6 heteroatoms. The Hall–Kier alpha value is -1.95. The molecule has 23 heavy (non-hydrogen) atoms. The van der Waals surface area contributed by atoms with E-state index in [4.69, 9.17) is 9.84 Å². The number of aromatic carboxylic acids is 1. The number of carbonyl (C=O) groups excluding carboxylic acids is 1. The van der Waals surface area contributed by atoms with E-state index < -0.39 is 5.97 Å². The minimum Gasteiger partial charge on any atom is -0.477 e. The normalized spacial score (nSPS) is 16.2. The van der Waals surface area contributed by atoms with Gasteiger partial charge in [0.15, 0.2) is 0 Å². The Bertz CT molecular complexity index is 541. The first-order chi connectivity index (χ1) is 11.1. The number of nitrogens with zero attached hydrogens (tertiary/aromatic N) is 1. The minimum absolute atomic E-state index is 0.124. The molecule has 0 saturated heterocycles. The van der Waals surface area contributed by atoms with Gasteiger partial charge in [-0.3, -0.25) is 4.79 Å². The molecule has 1 aromatic heterocycles. The highest BCUT2D eigenvalue weighted by atomic mass is 16.5. The summed E-state index contributed by atoms with van der Waals surface area (Å²) in [6, 6.07) is 4.40. The average Bonchev–Trinajstić information content (AvgIpc) is 3.08. The Labute approximate surface area is 136 Å². The number of carboxylic acid groups (broad SMARTS) is 1. The lowest BCUT2D eigenvalue weighted by Gasteiger charge is -2.23. The molecule has 1 aromatic rings. The molecule has 1 heterocycles. The number of hydrogen-bond donors (Lipinski definition) is 2. The first-order valence-electron chi connectivity index (χ1n) is 8.22. The van der Waals surface area contributed by atoms with Crippen LogP contribution in [-0.2, 0) is 4.74 Å². The molecule has 0 radical (unpaired) electrons. The second kappa shape index (κ2) is 8.62. The van der Waals surface area contributed by atoms with Crippen molar-refractivity contribution >= 4 is 11.9 Å². The van der Waals surface area contributed by atoms with Gasteiger partial charge in [-0.15, -0.1) is 0 Å². The van der Waals surface area contributed by atoms with Gasteiger partial charge >= 0.3 is 5.97 Å². The molecule has 1 aliphatic carbocycles. The predicted molar refractivity (Wildman–Crippen MR) is 85.5 cm³/mol. The fourth-order valence-corrected chi connectivity index (χ4v) is 3.10. The Morgan fingerprint density at radius 1 is 1.35 bits per heavy atom. The van der Waals surface area contributed by atoms with Crippen LogP contribution in [0.1, 0.15) is 60.0 Å². The fourth-order valence-electron chi connectivity index (χ4n) is 3.10. The van der Waals surface area contributed by atoms with E-state index in [1.165, 1.54) is 43.9 Å². The number of carbonyl (C=O) groups is 2. The third kappa shape index (κ3) is 5.03. The van der Waals surface area contributed by atoms with Crippen LogP contribution in [-0.4, -0.2) is 41.2 Å². The van der Waals surface area contributed by atoms with Gasteiger partial charge < -0.3 is 15.2 Å². The van der Waals surface area contributed by atoms with E-state index in [9.17, 15) is 9.59 Å². The van der Waals surface area contributed by atoms with Crippen molar-refractivity contribution in [2.45, 2.75) is 45.1 Å². The molecule has 2 N–H and O–H groups in total. The Kier molecular flexibility index (Phi) is 6.52. The monoisotopic (exact) mass is 320 g/mol. The quantitative estimate of drug-likeness (QED) is 0.768. The molecule has 1 saturated carbocycles. The third-order valence-electron chi connectivity index (χ3n) is 4.22. The SMILES string of the molecule is CCOC(CCNC(=O)c1cccc(C(=O)O)n1)C1CCCC1. The molecule has 1 fully saturated rings. The highest BCUT2D eigenvalue weighted by molar-refractivity contribution is 5.94. The summed E-state index contributed by atoms with van der Waals surface area (Å²) >= 11 is 0. The molecule has 0 aromatic carbocycles. The van der Waals surface area contributed by atoms with Gasteiger partial charge in [0.2, 0.25) is 0 Å². The largest absolute Gasteiger partial charge is 0.477 e. The molecule has 1 amide bonds. The van der Waals surface area contributed by atoms with Crippen LogP contribution in [0.15, 0.2) is 18.2 Å². The summed E-state index contributed by atoms with van der Waals surface area (Å²) in [4.78, 5) is 26.8. The summed E-state index contributed by atoms with van der Waals surface area (Å²) < 4.78 is 5.82. The molecular formula is C17H24N2O4. The van der Waals surface area contributed by atoms with Crippen LogP contribution in [0.3, 0.4) is 0 Å². The molecule has 1 atom stereocenters. The smallest absolute Gasteiger partial charge is 0.354 e. The van der Waals surface area contributed by atoms with Crippen LogP contribution in [0.4, 0.5) is 0 Å². The number of carboxylic acids is 1. The van der Waals surface area contributed by atoms with E-state index >= 15 is 0 Å². The predicted octanol–water partition coefficient (Wildman–Crippen LogP) is 2.50. The van der Waals surface area contributed by atoms with Crippen molar-refractivity contribution in [1.82, 2.24) is 10.3 Å². The number of amides is 1. The first-order valence-corrected chi connectivity index (χ1v) is 8.22. The maximum Gasteiger partial charge on any atom is 0.354 e. The molecule has 0 aliphatic heterocycles. The fraction of sp³-hybridized carbons (Fsp3) is 0.588. The van der Waals surface area contributed by atoms with Gasteiger partial charge in [0.1, 0.15) is 11.4 Å². The maximum absolute atomic E-state index is 12.1. The summed E-state index contributed by atoms with van der Waals surface area (Å²) in [5, 5.41) is 11.7. The zero-order valence-corrected chi connectivity index (χ0v) is 13.5. The van der Waals surface area contributed by atoms with Crippen molar-refractivity contribution < 1.29 is 19.4 Å². The Morgan fingerprint density at radius 2 is 2.04 bits per heavy atom. The number of aromatic nitrogens is 1. The Morgan fingerprint density at radius 3 is 2.70 bits per heavy atom. The van der Waals surface area contributed by atoms with Gasteiger partial charge in [-0.1, -0.05) is 18.9 Å². The van der Waals surface area contributed by atoms with E-state index in [-0.39, 0.29) is 23.4 Å². The number of pyridine rings is 1. The summed E-state index contributed by atoms with van der Waals surface area (Å²) in [6.07, 6.45) is 5.85. The molecule has 0 bridgehead atoms. The summed E-state index contributed by atoms with van der Waals surface area (Å²) in [7, 11) is 0. The zero-order valence-electron chi connectivity index (χ0n) is 13.5. The number of hydrogen-bond acceptors (Lipinski definition) is 4. The topological polar surface area (TPSA) is 88.5 Å². The molecule has 126 valence electrons. The second-order valence-corrected chi connectivity index (χ2v) is 5.80. The minimum atomic E-state index is -1.14. The van der Waals surface area contributed by atoms with Gasteiger partial charge in [-0.2, -0.15) is 0 Å². The van der Waals surface area contributed by atoms with Crippen molar-refractivity contribution in [3.63, 3.8) is 0 Å². The standard InChI is InChI=1S/C17H24N2O4/c1-2-23-15(12-6-3-4-7-12)10-11-18-16(20)13-8-5-9-14(19-13)17(21)22/h5,8-9,12,15H,2-4,6-7,10-11H2,1H3,(H,18,20)(H,21,22). The van der Waals surface area contributed by atoms with Crippen LogP contribution >= 0.6 is 0 Å². The molecule has 2 rings (SSSR count). The highest BCUT2D eigenvalue weighted by Gasteiger charge is 2.25. The van der Waals surface area contributed by atoms with Crippen LogP contribution < -0.4 is 5.32 Å². The van der Waals surface area contributed by atoms with Crippen molar-refractivity contribution in [2.24, 2.45) is 5.92 Å². The van der Waals surface area contributed by atoms with E-state index in [2.05, 4.69) is 10.3 Å². The van der Waals surface area contributed by atoms with Gasteiger partial charge in [-0.25, -0.2) is 9.78 Å². The number of ether oxygens (including phenoxy) is 1. The lowest BCUT2D eigenvalue weighted by molar-refractivity contribution is 0.0163. The van der Waals surface area contributed by atoms with Gasteiger partial charge in [0, 0.05) is 13.2 Å². The highest BCUT2D eigenvalue weighted by Crippen LogP contribution is 2.30. The van der Waals surface area contributed by atoms with Crippen LogP contribution in [0.2, 0.25) is 0 Å². The van der Waals surface area contributed by atoms with E-state index in [1.54, 1.807) is 0 Å². The van der Waals surface area contributed by atoms with Crippen molar-refractivity contribution in [3.8, 4) is 0 Å². The molecule has 6 nitrogen and oxygen atoms in total. The van der Waals surface area contributed by atoms with Crippen LogP contribution in [0, 0.1) is 5.92 Å². The first kappa shape index (κ1) is 17.4. The Balaban J connectivity index is 1.85. The molecule has 1 aliphatic rings. The number of nitrogens with one attached hydrogen (secondary N) is 1. The van der Waals surface area contributed by atoms with E-state index in [1.807, 2.05) is 6.92 Å². The molecule has 0 spiro atoms. The summed E-state index contributed by atoms with van der Waals surface area (Å²) in [6.45, 7) is 3.16. The zero-order chi connectivity index (χ0) is 16.7. The van der Waals surface area contributed by atoms with Gasteiger partial charge in [0.25, 0.3) is 5.91 Å². The van der Waals surface area contributed by atoms with Crippen molar-refractivity contribution in [2.75, 3.05) is 13.2 Å². The van der Waals surface area contributed by atoms with Crippen molar-refractivity contribution in [1.29, 1.82) is 0 Å². The lowest BCUT2D eigenvalue weighted by atomic mass is 9.98. The van der Waals surface area contributed by atoms with Gasteiger partial charge in [0.05, 0.1) is 6.10 Å². The van der Waals surface area contributed by atoms with E-state index in [0.717, 1.165) is 6.42 Å². The maximum atomic E-state index is 12.1. The molecule has 1 unspecified atom stereocenters. The van der Waals surface area contributed by atoms with E-state index in [0.29, 0.717) is 19.1 Å². The second-order valence-electron chi connectivity index (χ2n) is 5.80. The number of rotatable bonds is 8. The third-order valence-corrected chi connectivity index (χ3v) is 4.22. The summed E-state index contributed by atoms with van der Waals surface area (Å²) in [5.41, 5.74) is -0.00507. The summed E-state index contributed by atoms with van der Waals surface area (Å²) in [5.74, 6) is -0.910.